The van der Waals surface area contributed by atoms with Gasteiger partial charge in [0.2, 0.25) is 0 Å². The van der Waals surface area contributed by atoms with Gasteiger partial charge in [0.1, 0.15) is 5.82 Å². The third-order valence-corrected chi connectivity index (χ3v) is 6.36. The van der Waals surface area contributed by atoms with Crippen molar-refractivity contribution in [2.45, 2.75) is 31.9 Å². The van der Waals surface area contributed by atoms with Crippen molar-refractivity contribution in [3.63, 3.8) is 0 Å². The van der Waals surface area contributed by atoms with Gasteiger partial charge >= 0.3 is 6.18 Å². The molecule has 0 aliphatic carbocycles. The summed E-state index contributed by atoms with van der Waals surface area (Å²) in [5, 5.41) is 3.21. The second kappa shape index (κ2) is 9.95. The third kappa shape index (κ3) is 5.56. The maximum absolute atomic E-state index is 13.9. The quantitative estimate of drug-likeness (QED) is 0.265. The molecule has 0 amide bonds. The van der Waals surface area contributed by atoms with Crippen LogP contribution in [0.25, 0.3) is 0 Å². The fourth-order valence-electron chi connectivity index (χ4n) is 4.57. The van der Waals surface area contributed by atoms with Crippen LogP contribution >= 0.6 is 0 Å². The van der Waals surface area contributed by atoms with Crippen LogP contribution in [-0.2, 0) is 18.0 Å². The molecule has 0 radical (unpaired) electrons. The van der Waals surface area contributed by atoms with Gasteiger partial charge in [-0.1, -0.05) is 90.0 Å². The molecule has 0 saturated heterocycles. The Hall–Kier alpha value is -3.60. The molecule has 0 saturated carbocycles. The van der Waals surface area contributed by atoms with Crippen molar-refractivity contribution in [2.75, 3.05) is 11.9 Å². The van der Waals surface area contributed by atoms with Crippen LogP contribution in [0.2, 0.25) is 0 Å². The number of hydrogen-bond donors (Lipinski definition) is 1. The number of hydrogen-bond acceptors (Lipinski definition) is 1. The molecule has 180 valence electrons. The molecule has 0 aliphatic rings. The average Bonchev–Trinajstić information content (AvgIpc) is 2.82. The summed E-state index contributed by atoms with van der Waals surface area (Å²) in [6.07, 6.45) is -4.14. The molecule has 0 aromatic heterocycles. The van der Waals surface area contributed by atoms with Gasteiger partial charge in [0.25, 0.3) is 0 Å². The van der Waals surface area contributed by atoms with Crippen LogP contribution in [0.1, 0.15) is 33.4 Å². The molecule has 0 unspecified atom stereocenters. The minimum atomic E-state index is -4.77. The first-order valence-corrected chi connectivity index (χ1v) is 11.5. The Morgan fingerprint density at radius 2 is 1.29 bits per heavy atom. The normalized spacial score (nSPS) is 11.9. The van der Waals surface area contributed by atoms with E-state index >= 15 is 0 Å². The van der Waals surface area contributed by atoms with Gasteiger partial charge in [-0.15, -0.1) is 0 Å². The van der Waals surface area contributed by atoms with Gasteiger partial charge in [-0.25, -0.2) is 4.39 Å². The highest BCUT2D eigenvalue weighted by atomic mass is 19.4. The van der Waals surface area contributed by atoms with Gasteiger partial charge in [-0.3, -0.25) is 0 Å². The molecule has 5 heteroatoms. The summed E-state index contributed by atoms with van der Waals surface area (Å²) in [5.74, 6) is -1.28. The lowest BCUT2D eigenvalue weighted by Gasteiger charge is -2.37. The minimum Gasteiger partial charge on any atom is -0.384 e. The number of aryl methyl sites for hydroxylation is 2. The average molecular weight is 478 g/mol. The highest BCUT2D eigenvalue weighted by Gasteiger charge is 2.36. The summed E-state index contributed by atoms with van der Waals surface area (Å²) in [4.78, 5) is 0. The fourth-order valence-corrected chi connectivity index (χ4v) is 4.57. The van der Waals surface area contributed by atoms with Gasteiger partial charge in [0.05, 0.1) is 5.56 Å². The highest BCUT2D eigenvalue weighted by molar-refractivity contribution is 5.51. The Balaban J connectivity index is 1.84. The fraction of sp³-hybridized carbons (Fsp3) is 0.200. The number of benzene rings is 4. The van der Waals surface area contributed by atoms with E-state index in [1.165, 1.54) is 6.07 Å². The van der Waals surface area contributed by atoms with Crippen molar-refractivity contribution in [3.05, 3.63) is 136 Å². The topological polar surface area (TPSA) is 12.0 Å². The minimum absolute atomic E-state index is 0.219. The van der Waals surface area contributed by atoms with Gasteiger partial charge in [-0.2, -0.15) is 13.2 Å². The standard InChI is InChI=1S/C30H27F4N/c1-21-8-6-12-24(16-21)29(19-23-10-4-3-5-11-23,25-13-7-9-22(2)17-25)20-35-26-14-15-28(31)27(18-26)30(32,33)34/h3-18,35H,19-20H2,1-2H3. The maximum Gasteiger partial charge on any atom is 0.419 e. The molecule has 35 heavy (non-hydrogen) atoms. The molecule has 4 aromatic rings. The van der Waals surface area contributed by atoms with E-state index in [9.17, 15) is 17.6 Å². The van der Waals surface area contributed by atoms with Crippen molar-refractivity contribution in [1.82, 2.24) is 0 Å². The summed E-state index contributed by atoms with van der Waals surface area (Å²) in [7, 11) is 0. The third-order valence-electron chi connectivity index (χ3n) is 6.36. The van der Waals surface area contributed by atoms with Crippen molar-refractivity contribution in [2.24, 2.45) is 0 Å². The summed E-state index contributed by atoms with van der Waals surface area (Å²) in [5.41, 5.74) is 3.75. The summed E-state index contributed by atoms with van der Waals surface area (Å²) < 4.78 is 53.9. The van der Waals surface area contributed by atoms with E-state index in [1.54, 1.807) is 0 Å². The lowest BCUT2D eigenvalue weighted by atomic mass is 9.69. The van der Waals surface area contributed by atoms with Crippen molar-refractivity contribution >= 4 is 5.69 Å². The zero-order valence-corrected chi connectivity index (χ0v) is 19.7. The lowest BCUT2D eigenvalue weighted by Crippen LogP contribution is -2.38. The first kappa shape index (κ1) is 24.5. The van der Waals surface area contributed by atoms with Gasteiger partial charge < -0.3 is 5.32 Å². The maximum atomic E-state index is 13.9. The first-order valence-electron chi connectivity index (χ1n) is 11.5. The van der Waals surface area contributed by atoms with Crippen LogP contribution in [-0.4, -0.2) is 6.54 Å². The molecule has 4 rings (SSSR count). The largest absolute Gasteiger partial charge is 0.419 e. The SMILES string of the molecule is Cc1cccc(C(CNc2ccc(F)c(C(F)(F)F)c2)(Cc2ccccc2)c2cccc(C)c2)c1. The van der Waals surface area contributed by atoms with Crippen LogP contribution in [0.15, 0.2) is 97.1 Å². The molecular formula is C30H27F4N. The molecule has 1 nitrogen and oxygen atoms in total. The number of halogens is 4. The van der Waals surface area contributed by atoms with E-state index in [4.69, 9.17) is 0 Å². The van der Waals surface area contributed by atoms with Crippen LogP contribution in [0.4, 0.5) is 23.2 Å². The smallest absolute Gasteiger partial charge is 0.384 e. The number of anilines is 1. The van der Waals surface area contributed by atoms with Crippen LogP contribution in [0, 0.1) is 19.7 Å². The molecule has 0 bridgehead atoms. The van der Waals surface area contributed by atoms with E-state index < -0.39 is 23.0 Å². The summed E-state index contributed by atoms with van der Waals surface area (Å²) in [6, 6.07) is 29.5. The van der Waals surface area contributed by atoms with Crippen LogP contribution in [0.3, 0.4) is 0 Å². The van der Waals surface area contributed by atoms with Crippen LogP contribution in [0.5, 0.6) is 0 Å². The molecular weight excluding hydrogens is 450 g/mol. The molecule has 4 aromatic carbocycles. The van der Waals surface area contributed by atoms with Gasteiger partial charge in [-0.05, 0) is 55.2 Å². The molecule has 0 fully saturated rings. The predicted molar refractivity (Wildman–Crippen MR) is 133 cm³/mol. The van der Waals surface area contributed by atoms with Crippen molar-refractivity contribution in [1.29, 1.82) is 0 Å². The molecule has 0 heterocycles. The Morgan fingerprint density at radius 3 is 1.83 bits per heavy atom. The summed E-state index contributed by atoms with van der Waals surface area (Å²) in [6.45, 7) is 4.36. The Labute approximate surface area is 203 Å². The number of alkyl halides is 3. The van der Waals surface area contributed by atoms with Gasteiger partial charge in [0, 0.05) is 17.6 Å². The predicted octanol–water partition coefficient (Wildman–Crippen LogP) is 8.10. The van der Waals surface area contributed by atoms with E-state index in [1.807, 2.05) is 56.3 Å². The van der Waals surface area contributed by atoms with Crippen LogP contribution < -0.4 is 5.32 Å². The van der Waals surface area contributed by atoms with E-state index in [-0.39, 0.29) is 5.69 Å². The highest BCUT2D eigenvalue weighted by Crippen LogP contribution is 2.38. The first-order chi connectivity index (χ1) is 16.7. The van der Waals surface area contributed by atoms with E-state index in [2.05, 4.69) is 41.7 Å². The van der Waals surface area contributed by atoms with Crippen molar-refractivity contribution < 1.29 is 17.6 Å². The second-order valence-electron chi connectivity index (χ2n) is 9.03. The lowest BCUT2D eigenvalue weighted by molar-refractivity contribution is -0.139. The zero-order valence-electron chi connectivity index (χ0n) is 19.7. The zero-order chi connectivity index (χ0) is 25.1. The second-order valence-corrected chi connectivity index (χ2v) is 9.03. The summed E-state index contributed by atoms with van der Waals surface area (Å²) >= 11 is 0. The van der Waals surface area contributed by atoms with Gasteiger partial charge in [0.15, 0.2) is 0 Å². The number of rotatable bonds is 7. The monoisotopic (exact) mass is 477 g/mol. The van der Waals surface area contributed by atoms with Crippen molar-refractivity contribution in [3.8, 4) is 0 Å². The molecule has 0 spiro atoms. The Kier molecular flexibility index (Phi) is 6.97. The molecule has 0 aliphatic heterocycles. The molecule has 1 N–H and O–H groups in total. The van der Waals surface area contributed by atoms with E-state index in [0.717, 1.165) is 39.9 Å². The number of nitrogens with one attached hydrogen (secondary N) is 1. The Morgan fingerprint density at radius 1 is 0.686 bits per heavy atom. The van der Waals surface area contributed by atoms with E-state index in [0.29, 0.717) is 13.0 Å². The Bertz CT molecular complexity index is 1250. The molecule has 0 atom stereocenters.